The number of hydrogen-bond acceptors (Lipinski definition) is 6. The van der Waals surface area contributed by atoms with Gasteiger partial charge in [0.2, 0.25) is 0 Å². The summed E-state index contributed by atoms with van der Waals surface area (Å²) in [5, 5.41) is 21.5. The number of aromatic amines is 1. The van der Waals surface area contributed by atoms with Crippen LogP contribution in [0.2, 0.25) is 0 Å². The summed E-state index contributed by atoms with van der Waals surface area (Å²) in [6.07, 6.45) is 4.15. The van der Waals surface area contributed by atoms with Crippen LogP contribution in [0.15, 0.2) is 64.2 Å². The summed E-state index contributed by atoms with van der Waals surface area (Å²) in [6.45, 7) is 2.72. The lowest BCUT2D eigenvalue weighted by Crippen LogP contribution is -2.23. The number of imidazole rings is 1. The Morgan fingerprint density at radius 1 is 1.09 bits per heavy atom. The largest absolute Gasteiger partial charge is 0.510 e. The van der Waals surface area contributed by atoms with Crippen LogP contribution in [0.4, 0.5) is 0 Å². The van der Waals surface area contributed by atoms with Crippen LogP contribution in [0.25, 0.3) is 27.5 Å². The zero-order valence-corrected chi connectivity index (χ0v) is 19.2. The van der Waals surface area contributed by atoms with Gasteiger partial charge in [-0.2, -0.15) is 5.26 Å². The number of aliphatic hydroxyl groups excluding tert-OH is 1. The predicted molar refractivity (Wildman–Crippen MR) is 132 cm³/mol. The number of para-hydroxylation sites is 3. The summed E-state index contributed by atoms with van der Waals surface area (Å²) in [7, 11) is 0. The van der Waals surface area contributed by atoms with Crippen molar-refractivity contribution in [3.8, 4) is 6.07 Å². The summed E-state index contributed by atoms with van der Waals surface area (Å²) in [5.41, 5.74) is 2.13. The summed E-state index contributed by atoms with van der Waals surface area (Å²) < 4.78 is 1.68. The third-order valence-electron chi connectivity index (χ3n) is 5.43. The second-order valence-electron chi connectivity index (χ2n) is 7.75. The molecule has 33 heavy (non-hydrogen) atoms. The van der Waals surface area contributed by atoms with Gasteiger partial charge in [-0.05, 0) is 30.7 Å². The first-order valence-electron chi connectivity index (χ1n) is 11.0. The number of fused-ring (bicyclic) bond motifs is 2. The van der Waals surface area contributed by atoms with Crippen LogP contribution in [0.3, 0.4) is 0 Å². The van der Waals surface area contributed by atoms with Gasteiger partial charge in [-0.1, -0.05) is 62.2 Å². The molecular formula is C25H25N5O2S. The fourth-order valence-electron chi connectivity index (χ4n) is 3.68. The highest BCUT2D eigenvalue weighted by molar-refractivity contribution is 7.99. The molecule has 0 spiro atoms. The molecule has 0 aliphatic heterocycles. The van der Waals surface area contributed by atoms with Crippen LogP contribution < -0.4 is 5.56 Å². The van der Waals surface area contributed by atoms with E-state index in [0.29, 0.717) is 28.4 Å². The van der Waals surface area contributed by atoms with Crippen molar-refractivity contribution < 1.29 is 5.11 Å². The molecule has 0 saturated heterocycles. The van der Waals surface area contributed by atoms with E-state index in [0.717, 1.165) is 36.7 Å². The third-order valence-corrected chi connectivity index (χ3v) is 6.41. The molecular weight excluding hydrogens is 434 g/mol. The van der Waals surface area contributed by atoms with E-state index < -0.39 is 0 Å². The Morgan fingerprint density at radius 3 is 2.61 bits per heavy atom. The number of nitrogens with zero attached hydrogens (tertiary/aromatic N) is 4. The summed E-state index contributed by atoms with van der Waals surface area (Å²) >= 11 is 1.24. The Bertz CT molecular complexity index is 1380. The van der Waals surface area contributed by atoms with Gasteiger partial charge in [0.15, 0.2) is 11.0 Å². The zero-order valence-electron chi connectivity index (χ0n) is 18.4. The minimum atomic E-state index is -0.110. The number of thioether (sulfide) groups is 1. The Kier molecular flexibility index (Phi) is 7.10. The second kappa shape index (κ2) is 10.4. The number of aromatic nitrogens is 4. The van der Waals surface area contributed by atoms with E-state index in [4.69, 9.17) is 0 Å². The predicted octanol–water partition coefficient (Wildman–Crippen LogP) is 5.44. The lowest BCUT2D eigenvalue weighted by molar-refractivity contribution is 0.420. The van der Waals surface area contributed by atoms with Crippen LogP contribution in [0, 0.1) is 11.3 Å². The number of H-pyrrole nitrogens is 1. The van der Waals surface area contributed by atoms with Crippen molar-refractivity contribution in [1.29, 1.82) is 5.26 Å². The number of hydrogen-bond donors (Lipinski definition) is 2. The molecule has 0 aliphatic carbocycles. The van der Waals surface area contributed by atoms with E-state index >= 15 is 0 Å². The first kappa shape index (κ1) is 22.6. The molecule has 0 radical (unpaired) electrons. The summed E-state index contributed by atoms with van der Waals surface area (Å²) in [6, 6.07) is 16.8. The normalized spacial score (nSPS) is 12.1. The van der Waals surface area contributed by atoms with Gasteiger partial charge in [-0.3, -0.25) is 9.36 Å². The zero-order chi connectivity index (χ0) is 23.2. The Morgan fingerprint density at radius 2 is 1.85 bits per heavy atom. The molecule has 8 heteroatoms. The number of benzene rings is 2. The monoisotopic (exact) mass is 459 g/mol. The molecule has 2 N–H and O–H groups in total. The number of nitrogens with one attached hydrogen (secondary N) is 1. The molecule has 0 aliphatic rings. The Balaban J connectivity index is 1.64. The van der Waals surface area contributed by atoms with Crippen LogP contribution in [-0.2, 0) is 6.54 Å². The lowest BCUT2D eigenvalue weighted by atomic mass is 10.2. The summed E-state index contributed by atoms with van der Waals surface area (Å²) in [5.74, 6) is 0.307. The molecule has 0 atom stereocenters. The van der Waals surface area contributed by atoms with E-state index in [9.17, 15) is 15.2 Å². The quantitative estimate of drug-likeness (QED) is 0.113. The molecule has 2 heterocycles. The number of aliphatic hydroxyl groups is 1. The molecule has 0 bridgehead atoms. The number of nitriles is 1. The van der Waals surface area contributed by atoms with Crippen molar-refractivity contribution in [1.82, 2.24) is 19.5 Å². The number of unbranched alkanes of at least 4 members (excludes halogenated alkanes) is 3. The van der Waals surface area contributed by atoms with Gasteiger partial charge in [-0.25, -0.2) is 9.97 Å². The average Bonchev–Trinajstić information content (AvgIpc) is 3.26. The van der Waals surface area contributed by atoms with Gasteiger partial charge in [0.25, 0.3) is 5.56 Å². The van der Waals surface area contributed by atoms with Gasteiger partial charge >= 0.3 is 0 Å². The standard InChI is InChI=1S/C25H25N5O2S/c1-2-3-4-9-14-30-24(32)17-10-5-6-11-19(17)29-25(30)33-16-22(31)18(15-26)23-27-20-12-7-8-13-21(20)28-23/h5-8,10-13,31H,2-4,9,14,16H2,1H3,(H,27,28)/b22-18-. The SMILES string of the molecule is CCCCCCn1c(SC/C(O)=C(\C#N)c2nc3ccccc3[nH]2)nc2ccccc2c1=O. The molecule has 7 nitrogen and oxygen atoms in total. The maximum Gasteiger partial charge on any atom is 0.262 e. The van der Waals surface area contributed by atoms with Crippen molar-refractivity contribution in [3.63, 3.8) is 0 Å². The van der Waals surface area contributed by atoms with Gasteiger partial charge in [0.05, 0.1) is 27.7 Å². The maximum absolute atomic E-state index is 13.1. The Labute approximate surface area is 195 Å². The molecule has 0 fully saturated rings. The van der Waals surface area contributed by atoms with Crippen molar-refractivity contribution in [2.45, 2.75) is 44.3 Å². The minimum Gasteiger partial charge on any atom is -0.510 e. The van der Waals surface area contributed by atoms with Crippen LogP contribution in [0.1, 0.15) is 38.4 Å². The first-order valence-corrected chi connectivity index (χ1v) is 12.0. The highest BCUT2D eigenvalue weighted by atomic mass is 32.2. The first-order chi connectivity index (χ1) is 16.1. The van der Waals surface area contributed by atoms with Crippen molar-refractivity contribution >= 4 is 39.3 Å². The fraction of sp³-hybridized carbons (Fsp3) is 0.280. The fourth-order valence-corrected chi connectivity index (χ4v) is 4.59. The lowest BCUT2D eigenvalue weighted by Gasteiger charge is -2.13. The number of rotatable bonds is 9. The highest BCUT2D eigenvalue weighted by Gasteiger charge is 2.16. The van der Waals surface area contributed by atoms with Crippen molar-refractivity contribution in [2.75, 3.05) is 5.75 Å². The molecule has 0 unspecified atom stereocenters. The van der Waals surface area contributed by atoms with Gasteiger partial charge in [-0.15, -0.1) is 0 Å². The maximum atomic E-state index is 13.1. The molecule has 2 aromatic carbocycles. The van der Waals surface area contributed by atoms with E-state index in [2.05, 4.69) is 27.9 Å². The Hall–Kier alpha value is -3.57. The van der Waals surface area contributed by atoms with Crippen molar-refractivity contribution in [2.24, 2.45) is 0 Å². The molecule has 4 aromatic rings. The van der Waals surface area contributed by atoms with E-state index in [1.54, 1.807) is 10.6 Å². The van der Waals surface area contributed by atoms with Crippen molar-refractivity contribution in [3.05, 3.63) is 70.5 Å². The molecule has 168 valence electrons. The topological polar surface area (TPSA) is 108 Å². The van der Waals surface area contributed by atoms with E-state index in [1.807, 2.05) is 42.5 Å². The van der Waals surface area contributed by atoms with Crippen LogP contribution in [0.5, 0.6) is 0 Å². The van der Waals surface area contributed by atoms with Gasteiger partial charge < -0.3 is 10.1 Å². The smallest absolute Gasteiger partial charge is 0.262 e. The molecule has 2 aromatic heterocycles. The second-order valence-corrected chi connectivity index (χ2v) is 8.70. The highest BCUT2D eigenvalue weighted by Crippen LogP contribution is 2.24. The molecule has 0 amide bonds. The van der Waals surface area contributed by atoms with Gasteiger partial charge in [0, 0.05) is 6.54 Å². The molecule has 0 saturated carbocycles. The van der Waals surface area contributed by atoms with E-state index in [1.165, 1.54) is 11.8 Å². The molecule has 4 rings (SSSR count). The average molecular weight is 460 g/mol. The van der Waals surface area contributed by atoms with Gasteiger partial charge in [0.1, 0.15) is 17.4 Å². The minimum absolute atomic E-state index is 0.0799. The van der Waals surface area contributed by atoms with E-state index in [-0.39, 0.29) is 22.6 Å². The number of allylic oxidation sites excluding steroid dienone is 1. The third kappa shape index (κ3) is 4.94. The van der Waals surface area contributed by atoms with Crippen LogP contribution in [-0.4, -0.2) is 30.4 Å². The summed E-state index contributed by atoms with van der Waals surface area (Å²) in [4.78, 5) is 25.3. The van der Waals surface area contributed by atoms with Crippen LogP contribution >= 0.6 is 11.8 Å².